The summed E-state index contributed by atoms with van der Waals surface area (Å²) in [4.78, 5) is 4.41. The largest absolute Gasteiger partial charge is 0.335 e. The van der Waals surface area contributed by atoms with Crippen LogP contribution in [0.2, 0.25) is 0 Å². The lowest BCUT2D eigenvalue weighted by atomic mass is 10.00. The zero-order valence-electron chi connectivity index (χ0n) is 12.3. The highest BCUT2D eigenvalue weighted by molar-refractivity contribution is 5.25. The van der Waals surface area contributed by atoms with Crippen LogP contribution in [0.25, 0.3) is 0 Å². The first kappa shape index (κ1) is 14.8. The number of rotatable bonds is 7. The molecule has 0 amide bonds. The number of hydrogen-bond acceptors (Lipinski definition) is 3. The van der Waals surface area contributed by atoms with Crippen LogP contribution in [-0.2, 0) is 19.4 Å². The average Bonchev–Trinajstić information content (AvgIpc) is 2.92. The van der Waals surface area contributed by atoms with Gasteiger partial charge in [0.05, 0.1) is 0 Å². The van der Waals surface area contributed by atoms with Crippen LogP contribution in [0.5, 0.6) is 0 Å². The van der Waals surface area contributed by atoms with E-state index in [9.17, 15) is 0 Å². The maximum atomic E-state index is 5.70. The number of nitrogens with two attached hydrogens (primary N) is 1. The van der Waals surface area contributed by atoms with Crippen LogP contribution < -0.4 is 11.3 Å². The first-order valence-corrected chi connectivity index (χ1v) is 7.25. The van der Waals surface area contributed by atoms with Crippen molar-refractivity contribution in [2.75, 3.05) is 0 Å². The van der Waals surface area contributed by atoms with Crippen molar-refractivity contribution in [2.24, 2.45) is 5.84 Å². The Balaban J connectivity index is 1.94. The molecule has 0 saturated heterocycles. The molecule has 20 heavy (non-hydrogen) atoms. The predicted molar refractivity (Wildman–Crippen MR) is 82.2 cm³/mol. The molecule has 1 heterocycles. The van der Waals surface area contributed by atoms with Crippen LogP contribution in [0.15, 0.2) is 36.7 Å². The molecule has 1 aromatic carbocycles. The summed E-state index contributed by atoms with van der Waals surface area (Å²) in [6.07, 6.45) is 6.79. The Labute approximate surface area is 121 Å². The summed E-state index contributed by atoms with van der Waals surface area (Å²) in [7, 11) is 0. The minimum Gasteiger partial charge on any atom is -0.335 e. The minimum absolute atomic E-state index is 0.252. The van der Waals surface area contributed by atoms with Gasteiger partial charge in [-0.2, -0.15) is 0 Å². The summed E-state index contributed by atoms with van der Waals surface area (Å²) in [6, 6.07) is 8.77. The highest BCUT2D eigenvalue weighted by Gasteiger charge is 2.12. The van der Waals surface area contributed by atoms with E-state index in [-0.39, 0.29) is 6.04 Å². The lowest BCUT2D eigenvalue weighted by Gasteiger charge is -2.16. The van der Waals surface area contributed by atoms with E-state index in [1.165, 1.54) is 11.1 Å². The molecular weight excluding hydrogens is 248 g/mol. The van der Waals surface area contributed by atoms with Gasteiger partial charge in [0.1, 0.15) is 5.82 Å². The van der Waals surface area contributed by atoms with E-state index >= 15 is 0 Å². The van der Waals surface area contributed by atoms with Crippen molar-refractivity contribution in [1.82, 2.24) is 15.0 Å². The average molecular weight is 272 g/mol. The van der Waals surface area contributed by atoms with E-state index in [0.717, 1.165) is 31.6 Å². The van der Waals surface area contributed by atoms with Crippen molar-refractivity contribution in [3.8, 4) is 0 Å². The number of aryl methyl sites for hydroxylation is 3. The molecule has 1 unspecified atom stereocenters. The van der Waals surface area contributed by atoms with Gasteiger partial charge in [-0.25, -0.2) is 4.98 Å². The van der Waals surface area contributed by atoms with E-state index < -0.39 is 0 Å². The summed E-state index contributed by atoms with van der Waals surface area (Å²) in [5, 5.41) is 0. The molecule has 0 fully saturated rings. The van der Waals surface area contributed by atoms with Gasteiger partial charge in [-0.3, -0.25) is 11.3 Å². The Morgan fingerprint density at radius 3 is 2.85 bits per heavy atom. The molecule has 0 aliphatic rings. The first-order valence-electron chi connectivity index (χ1n) is 7.25. The Morgan fingerprint density at radius 2 is 2.15 bits per heavy atom. The van der Waals surface area contributed by atoms with Crippen molar-refractivity contribution < 1.29 is 0 Å². The zero-order valence-corrected chi connectivity index (χ0v) is 12.3. The number of hydrazine groups is 1. The molecule has 1 atom stereocenters. The fourth-order valence-electron chi connectivity index (χ4n) is 2.50. The monoisotopic (exact) mass is 272 g/mol. The summed E-state index contributed by atoms with van der Waals surface area (Å²) in [5.41, 5.74) is 5.67. The highest BCUT2D eigenvalue weighted by Crippen LogP contribution is 2.12. The van der Waals surface area contributed by atoms with E-state index in [1.54, 1.807) is 0 Å². The number of hydrogen-bond donors (Lipinski definition) is 2. The van der Waals surface area contributed by atoms with Crippen molar-refractivity contribution in [2.45, 2.75) is 45.7 Å². The molecule has 4 heteroatoms. The normalized spacial score (nSPS) is 12.6. The van der Waals surface area contributed by atoms with Gasteiger partial charge in [-0.1, -0.05) is 24.3 Å². The summed E-state index contributed by atoms with van der Waals surface area (Å²) in [6.45, 7) is 5.23. The smallest absolute Gasteiger partial charge is 0.110 e. The van der Waals surface area contributed by atoms with Crippen molar-refractivity contribution >= 4 is 0 Å². The fourth-order valence-corrected chi connectivity index (χ4v) is 2.50. The quantitative estimate of drug-likeness (QED) is 0.600. The molecule has 0 aliphatic heterocycles. The number of benzene rings is 1. The van der Waals surface area contributed by atoms with E-state index in [4.69, 9.17) is 5.84 Å². The highest BCUT2D eigenvalue weighted by atomic mass is 15.2. The minimum atomic E-state index is 0.252. The van der Waals surface area contributed by atoms with Crippen LogP contribution in [0.1, 0.15) is 30.3 Å². The Bertz CT molecular complexity index is 533. The molecule has 3 N–H and O–H groups in total. The van der Waals surface area contributed by atoms with Crippen LogP contribution in [-0.4, -0.2) is 15.6 Å². The standard InChI is InChI=1S/C16H24N4/c1-3-20-11-10-18-16(20)12-15(19-17)9-8-14-7-5-4-6-13(14)2/h4-7,10-11,15,19H,3,8-9,12,17H2,1-2H3. The van der Waals surface area contributed by atoms with Gasteiger partial charge in [-0.05, 0) is 37.8 Å². The SMILES string of the molecule is CCn1ccnc1CC(CCc1ccccc1C)NN. The van der Waals surface area contributed by atoms with Gasteiger partial charge in [0.2, 0.25) is 0 Å². The third-order valence-electron chi connectivity index (χ3n) is 3.83. The van der Waals surface area contributed by atoms with E-state index in [1.807, 2.05) is 12.4 Å². The molecule has 2 rings (SSSR count). The molecule has 1 aromatic heterocycles. The Kier molecular flexibility index (Phi) is 5.32. The first-order chi connectivity index (χ1) is 9.74. The van der Waals surface area contributed by atoms with E-state index in [2.05, 4.69) is 53.1 Å². The Hall–Kier alpha value is -1.65. The fraction of sp³-hybridized carbons (Fsp3) is 0.438. The number of nitrogens with zero attached hydrogens (tertiary/aromatic N) is 2. The number of aromatic nitrogens is 2. The van der Waals surface area contributed by atoms with Crippen LogP contribution in [0.4, 0.5) is 0 Å². The second-order valence-electron chi connectivity index (χ2n) is 5.16. The molecular formula is C16H24N4. The maximum absolute atomic E-state index is 5.70. The summed E-state index contributed by atoms with van der Waals surface area (Å²) >= 11 is 0. The second-order valence-corrected chi connectivity index (χ2v) is 5.16. The van der Waals surface area contributed by atoms with Crippen LogP contribution in [0, 0.1) is 6.92 Å². The third-order valence-corrected chi connectivity index (χ3v) is 3.83. The van der Waals surface area contributed by atoms with Crippen molar-refractivity contribution in [3.05, 3.63) is 53.6 Å². The number of nitrogens with one attached hydrogen (secondary N) is 1. The molecule has 0 bridgehead atoms. The van der Waals surface area contributed by atoms with Gasteiger partial charge >= 0.3 is 0 Å². The van der Waals surface area contributed by atoms with Crippen molar-refractivity contribution in [1.29, 1.82) is 0 Å². The molecule has 0 radical (unpaired) electrons. The van der Waals surface area contributed by atoms with Crippen molar-refractivity contribution in [3.63, 3.8) is 0 Å². The van der Waals surface area contributed by atoms with Gasteiger partial charge < -0.3 is 4.57 Å². The van der Waals surface area contributed by atoms with Gasteiger partial charge in [0.25, 0.3) is 0 Å². The second kappa shape index (κ2) is 7.22. The summed E-state index contributed by atoms with van der Waals surface area (Å²) in [5.74, 6) is 6.79. The molecule has 108 valence electrons. The van der Waals surface area contributed by atoms with Gasteiger partial charge in [0.15, 0.2) is 0 Å². The Morgan fingerprint density at radius 1 is 1.35 bits per heavy atom. The third kappa shape index (κ3) is 3.68. The van der Waals surface area contributed by atoms with Crippen LogP contribution >= 0.6 is 0 Å². The molecule has 2 aromatic rings. The van der Waals surface area contributed by atoms with Gasteiger partial charge in [0, 0.05) is 31.4 Å². The van der Waals surface area contributed by atoms with E-state index in [0.29, 0.717) is 0 Å². The zero-order chi connectivity index (χ0) is 14.4. The summed E-state index contributed by atoms with van der Waals surface area (Å²) < 4.78 is 2.16. The number of imidazole rings is 1. The molecule has 4 nitrogen and oxygen atoms in total. The maximum Gasteiger partial charge on any atom is 0.110 e. The topological polar surface area (TPSA) is 55.9 Å². The van der Waals surface area contributed by atoms with Gasteiger partial charge in [-0.15, -0.1) is 0 Å². The van der Waals surface area contributed by atoms with Crippen LogP contribution in [0.3, 0.4) is 0 Å². The molecule has 0 spiro atoms. The molecule has 0 aliphatic carbocycles. The molecule has 0 saturated carbocycles. The predicted octanol–water partition coefficient (Wildman–Crippen LogP) is 2.22. The lowest BCUT2D eigenvalue weighted by molar-refractivity contribution is 0.472. The lowest BCUT2D eigenvalue weighted by Crippen LogP contribution is -2.37.